The molecular formula is C50H88O6. The second-order valence-corrected chi connectivity index (χ2v) is 15.7. The number of hydrogen-bond acceptors (Lipinski definition) is 6. The first-order valence-corrected chi connectivity index (χ1v) is 23.7. The summed E-state index contributed by atoms with van der Waals surface area (Å²) in [6, 6.07) is 0. The van der Waals surface area contributed by atoms with Gasteiger partial charge in [0.05, 0.1) is 0 Å². The third-order valence-electron chi connectivity index (χ3n) is 10.1. The van der Waals surface area contributed by atoms with Crippen LogP contribution in [0.4, 0.5) is 0 Å². The quantitative estimate of drug-likeness (QED) is 0.0202. The Labute approximate surface area is 346 Å². The van der Waals surface area contributed by atoms with Crippen LogP contribution in [0.25, 0.3) is 0 Å². The molecule has 0 saturated heterocycles. The molecule has 0 spiro atoms. The highest BCUT2D eigenvalue weighted by Crippen LogP contribution is 2.13. The topological polar surface area (TPSA) is 78.9 Å². The van der Waals surface area contributed by atoms with Gasteiger partial charge in [0, 0.05) is 19.3 Å². The minimum Gasteiger partial charge on any atom is -0.462 e. The lowest BCUT2D eigenvalue weighted by Gasteiger charge is -2.18. The number of rotatable bonds is 42. The highest BCUT2D eigenvalue weighted by molar-refractivity contribution is 5.71. The van der Waals surface area contributed by atoms with E-state index < -0.39 is 6.10 Å². The molecule has 1 unspecified atom stereocenters. The van der Waals surface area contributed by atoms with E-state index in [1.165, 1.54) is 103 Å². The summed E-state index contributed by atoms with van der Waals surface area (Å²) in [7, 11) is 0. The van der Waals surface area contributed by atoms with Crippen LogP contribution < -0.4 is 0 Å². The minimum absolute atomic E-state index is 0.0930. The molecule has 0 heterocycles. The summed E-state index contributed by atoms with van der Waals surface area (Å²) in [6.07, 6.45) is 52.5. The van der Waals surface area contributed by atoms with Crippen molar-refractivity contribution in [2.75, 3.05) is 13.2 Å². The van der Waals surface area contributed by atoms with Crippen LogP contribution in [0.5, 0.6) is 0 Å². The molecule has 1 atom stereocenters. The van der Waals surface area contributed by atoms with Crippen LogP contribution in [0, 0.1) is 0 Å². The van der Waals surface area contributed by atoms with Crippen molar-refractivity contribution in [1.29, 1.82) is 0 Å². The lowest BCUT2D eigenvalue weighted by molar-refractivity contribution is -0.167. The zero-order valence-electron chi connectivity index (χ0n) is 36.9. The molecule has 0 aliphatic rings. The van der Waals surface area contributed by atoms with Gasteiger partial charge in [-0.3, -0.25) is 14.4 Å². The molecule has 0 radical (unpaired) electrons. The van der Waals surface area contributed by atoms with Gasteiger partial charge < -0.3 is 14.2 Å². The molecule has 0 bridgehead atoms. The molecule has 0 N–H and O–H groups in total. The predicted molar refractivity (Wildman–Crippen MR) is 238 cm³/mol. The van der Waals surface area contributed by atoms with Gasteiger partial charge in [0.15, 0.2) is 6.10 Å². The van der Waals surface area contributed by atoms with E-state index in [9.17, 15) is 14.4 Å². The van der Waals surface area contributed by atoms with Gasteiger partial charge in [-0.1, -0.05) is 179 Å². The Bertz CT molecular complexity index is 996. The maximum atomic E-state index is 12.7. The van der Waals surface area contributed by atoms with Crippen molar-refractivity contribution >= 4 is 17.9 Å². The Morgan fingerprint density at radius 2 is 0.679 bits per heavy atom. The summed E-state index contributed by atoms with van der Waals surface area (Å²) >= 11 is 0. The number of carbonyl (C=O) groups excluding carboxylic acids is 3. The summed E-state index contributed by atoms with van der Waals surface area (Å²) in [5, 5.41) is 0. The number of allylic oxidation sites excluding steroid dienone is 8. The van der Waals surface area contributed by atoms with E-state index in [-0.39, 0.29) is 31.1 Å². The fraction of sp³-hybridized carbons (Fsp3) is 0.780. The second-order valence-electron chi connectivity index (χ2n) is 15.7. The van der Waals surface area contributed by atoms with E-state index in [0.29, 0.717) is 25.7 Å². The number of esters is 3. The van der Waals surface area contributed by atoms with E-state index in [1.807, 2.05) is 0 Å². The molecule has 56 heavy (non-hydrogen) atoms. The maximum Gasteiger partial charge on any atom is 0.306 e. The third-order valence-corrected chi connectivity index (χ3v) is 10.1. The molecule has 0 fully saturated rings. The third kappa shape index (κ3) is 42.5. The lowest BCUT2D eigenvalue weighted by Crippen LogP contribution is -2.30. The number of ether oxygens (including phenoxy) is 3. The summed E-state index contributed by atoms with van der Waals surface area (Å²) < 4.78 is 16.6. The predicted octanol–water partition coefficient (Wildman–Crippen LogP) is 15.1. The van der Waals surface area contributed by atoms with Gasteiger partial charge in [0.25, 0.3) is 0 Å². The van der Waals surface area contributed by atoms with Crippen LogP contribution in [0.1, 0.15) is 233 Å². The van der Waals surface area contributed by atoms with Crippen LogP contribution in [0.2, 0.25) is 0 Å². The first-order valence-electron chi connectivity index (χ1n) is 23.7. The molecule has 0 amide bonds. The van der Waals surface area contributed by atoms with Crippen LogP contribution >= 0.6 is 0 Å². The van der Waals surface area contributed by atoms with Crippen LogP contribution in [-0.4, -0.2) is 37.2 Å². The molecule has 0 aromatic carbocycles. The van der Waals surface area contributed by atoms with E-state index in [4.69, 9.17) is 14.2 Å². The zero-order valence-corrected chi connectivity index (χ0v) is 36.9. The minimum atomic E-state index is -0.791. The lowest BCUT2D eigenvalue weighted by atomic mass is 10.1. The van der Waals surface area contributed by atoms with Crippen LogP contribution in [0.3, 0.4) is 0 Å². The van der Waals surface area contributed by atoms with Crippen LogP contribution in [0.15, 0.2) is 48.6 Å². The molecule has 6 heteroatoms. The maximum absolute atomic E-state index is 12.7. The number of unbranched alkanes of at least 4 members (excludes halogenated alkanes) is 24. The van der Waals surface area contributed by atoms with E-state index in [0.717, 1.165) is 83.5 Å². The molecular weight excluding hydrogens is 697 g/mol. The molecule has 0 saturated carbocycles. The van der Waals surface area contributed by atoms with Crippen molar-refractivity contribution in [3.8, 4) is 0 Å². The Morgan fingerprint density at radius 3 is 1.14 bits per heavy atom. The fourth-order valence-electron chi connectivity index (χ4n) is 6.42. The van der Waals surface area contributed by atoms with Gasteiger partial charge in [-0.25, -0.2) is 0 Å². The van der Waals surface area contributed by atoms with Gasteiger partial charge in [0.1, 0.15) is 13.2 Å². The first-order chi connectivity index (χ1) is 27.5. The average molecular weight is 785 g/mol. The second kappa shape index (κ2) is 45.1. The van der Waals surface area contributed by atoms with Gasteiger partial charge in [-0.2, -0.15) is 0 Å². The molecule has 0 aromatic rings. The molecule has 0 rings (SSSR count). The van der Waals surface area contributed by atoms with Crippen molar-refractivity contribution in [3.63, 3.8) is 0 Å². The Hall–Kier alpha value is -2.63. The van der Waals surface area contributed by atoms with Crippen molar-refractivity contribution in [3.05, 3.63) is 48.6 Å². The Kier molecular flexibility index (Phi) is 43.0. The molecule has 0 aliphatic heterocycles. The normalized spacial score (nSPS) is 12.4. The summed E-state index contributed by atoms with van der Waals surface area (Å²) in [5.74, 6) is -0.954. The largest absolute Gasteiger partial charge is 0.462 e. The monoisotopic (exact) mass is 785 g/mol. The van der Waals surface area contributed by atoms with Crippen molar-refractivity contribution in [1.82, 2.24) is 0 Å². The van der Waals surface area contributed by atoms with Gasteiger partial charge in [-0.05, 0) is 83.5 Å². The smallest absolute Gasteiger partial charge is 0.306 e. The fourth-order valence-corrected chi connectivity index (χ4v) is 6.42. The average Bonchev–Trinajstić information content (AvgIpc) is 3.19. The van der Waals surface area contributed by atoms with Gasteiger partial charge in [0.2, 0.25) is 0 Å². The highest BCUT2D eigenvalue weighted by atomic mass is 16.6. The Balaban J connectivity index is 4.36. The number of hydrogen-bond donors (Lipinski definition) is 0. The molecule has 324 valence electrons. The SMILES string of the molecule is CCCC/C=C\CCCCCCCC(=O)OC(COC(=O)CCC/C=C\CCCCCC)COC(=O)CCCCCCC/C=C\C=C/CCCCCCCCC. The highest BCUT2D eigenvalue weighted by Gasteiger charge is 2.19. The van der Waals surface area contributed by atoms with E-state index >= 15 is 0 Å². The molecule has 6 nitrogen and oxygen atoms in total. The van der Waals surface area contributed by atoms with Gasteiger partial charge >= 0.3 is 17.9 Å². The van der Waals surface area contributed by atoms with Crippen LogP contribution in [-0.2, 0) is 28.6 Å². The summed E-state index contributed by atoms with van der Waals surface area (Å²) in [5.41, 5.74) is 0. The number of carbonyl (C=O) groups is 3. The van der Waals surface area contributed by atoms with E-state index in [1.54, 1.807) is 0 Å². The summed E-state index contributed by atoms with van der Waals surface area (Å²) in [6.45, 7) is 6.51. The summed E-state index contributed by atoms with van der Waals surface area (Å²) in [4.78, 5) is 37.7. The molecule has 0 aromatic heterocycles. The van der Waals surface area contributed by atoms with Crippen molar-refractivity contribution in [2.24, 2.45) is 0 Å². The van der Waals surface area contributed by atoms with Crippen molar-refractivity contribution < 1.29 is 28.6 Å². The first kappa shape index (κ1) is 53.4. The van der Waals surface area contributed by atoms with E-state index in [2.05, 4.69) is 69.4 Å². The molecule has 0 aliphatic carbocycles. The van der Waals surface area contributed by atoms with Crippen molar-refractivity contribution in [2.45, 2.75) is 239 Å². The standard InChI is InChI=1S/C50H88O6/c1-4-7-10-13-16-19-21-22-23-24-25-26-27-29-31-34-37-40-43-49(52)55-46-47(45-54-48(51)42-39-36-33-30-18-15-12-9-6-3)56-50(53)44-41-38-35-32-28-20-17-14-11-8-5-2/h14,17,23-26,30,33,47H,4-13,15-16,18-22,27-29,31-32,34-46H2,1-3H3/b17-14-,24-23-,26-25-,33-30-. The Morgan fingerprint density at radius 1 is 0.357 bits per heavy atom. The van der Waals surface area contributed by atoms with Gasteiger partial charge in [-0.15, -0.1) is 0 Å². The zero-order chi connectivity index (χ0) is 40.8.